The van der Waals surface area contributed by atoms with Gasteiger partial charge in [-0.2, -0.15) is 0 Å². The highest BCUT2D eigenvalue weighted by molar-refractivity contribution is 5.97. The van der Waals surface area contributed by atoms with Crippen molar-refractivity contribution in [2.45, 2.75) is 19.9 Å². The van der Waals surface area contributed by atoms with Gasteiger partial charge in [0.1, 0.15) is 6.61 Å². The molecule has 0 aliphatic carbocycles. The maximum atomic E-state index is 14.5. The first-order valence-corrected chi connectivity index (χ1v) is 8.87. The molecule has 1 heterocycles. The molecule has 0 bridgehead atoms. The van der Waals surface area contributed by atoms with Crippen LogP contribution in [0.2, 0.25) is 0 Å². The zero-order valence-electron chi connectivity index (χ0n) is 15.1. The van der Waals surface area contributed by atoms with Crippen molar-refractivity contribution in [3.63, 3.8) is 0 Å². The van der Waals surface area contributed by atoms with E-state index in [2.05, 4.69) is 10.3 Å². The molecule has 3 aromatic rings. The number of carbonyl (C=O) groups excluding carboxylic acids is 1. The molecular weight excluding hydrogens is 343 g/mol. The zero-order valence-corrected chi connectivity index (χ0v) is 15.1. The molecule has 2 aromatic carbocycles. The topological polar surface area (TPSA) is 51.2 Å². The van der Waals surface area contributed by atoms with E-state index >= 15 is 0 Å². The lowest BCUT2D eigenvalue weighted by atomic mass is 10.1. The van der Waals surface area contributed by atoms with Crippen molar-refractivity contribution in [1.82, 2.24) is 10.3 Å². The minimum atomic E-state index is -0.453. The molecule has 27 heavy (non-hydrogen) atoms. The first kappa shape index (κ1) is 18.6. The first-order valence-electron chi connectivity index (χ1n) is 8.87. The molecule has 0 aliphatic heterocycles. The Labute approximate surface area is 157 Å². The molecule has 1 N–H and O–H groups in total. The summed E-state index contributed by atoms with van der Waals surface area (Å²) in [5.74, 6) is -0.540. The highest BCUT2D eigenvalue weighted by Crippen LogP contribution is 2.21. The number of allylic oxidation sites excluding steroid dienone is 1. The molecule has 0 saturated heterocycles. The van der Waals surface area contributed by atoms with Gasteiger partial charge in [0.05, 0.1) is 5.52 Å². The van der Waals surface area contributed by atoms with Crippen molar-refractivity contribution in [1.29, 1.82) is 0 Å². The van der Waals surface area contributed by atoms with E-state index in [1.54, 1.807) is 42.6 Å². The number of nitrogens with one attached hydrogen (secondary N) is 1. The maximum absolute atomic E-state index is 14.5. The van der Waals surface area contributed by atoms with Gasteiger partial charge in [0.25, 0.3) is 5.91 Å². The molecule has 0 spiro atoms. The van der Waals surface area contributed by atoms with Crippen molar-refractivity contribution in [2.75, 3.05) is 6.61 Å². The van der Waals surface area contributed by atoms with Crippen LogP contribution >= 0.6 is 0 Å². The van der Waals surface area contributed by atoms with Crippen LogP contribution in [0.4, 0.5) is 4.39 Å². The number of halogens is 1. The summed E-state index contributed by atoms with van der Waals surface area (Å²) in [6.45, 7) is 2.41. The van der Waals surface area contributed by atoms with E-state index in [4.69, 9.17) is 4.74 Å². The summed E-state index contributed by atoms with van der Waals surface area (Å²) in [6, 6.07) is 13.9. The second-order valence-corrected chi connectivity index (χ2v) is 6.01. The standard InChI is InChI=1S/C22H21FN2O2/c1-2-3-4-13-27-20-9-5-7-18(21(20)23)15-25-22(26)17-10-11-19-16(14-17)8-6-12-24-19/h3-12,14H,2,13,15H2,1H3,(H,25,26)/b4-3-. The van der Waals surface area contributed by atoms with E-state index in [1.807, 2.05) is 31.2 Å². The van der Waals surface area contributed by atoms with Crippen LogP contribution in [0.15, 0.2) is 66.9 Å². The minimum Gasteiger partial charge on any atom is -0.486 e. The summed E-state index contributed by atoms with van der Waals surface area (Å²) < 4.78 is 20.0. The average Bonchev–Trinajstić information content (AvgIpc) is 2.70. The number of rotatable bonds is 7. The minimum absolute atomic E-state index is 0.0811. The fourth-order valence-corrected chi connectivity index (χ4v) is 2.67. The molecule has 5 heteroatoms. The van der Waals surface area contributed by atoms with Crippen LogP contribution in [0, 0.1) is 5.82 Å². The summed E-state index contributed by atoms with van der Waals surface area (Å²) in [4.78, 5) is 16.6. The van der Waals surface area contributed by atoms with E-state index in [0.29, 0.717) is 17.7 Å². The molecule has 3 rings (SSSR count). The van der Waals surface area contributed by atoms with Gasteiger partial charge in [0.15, 0.2) is 11.6 Å². The Kier molecular flexibility index (Phi) is 6.15. The van der Waals surface area contributed by atoms with Crippen LogP contribution in [0.1, 0.15) is 29.3 Å². The highest BCUT2D eigenvalue weighted by atomic mass is 19.1. The van der Waals surface area contributed by atoms with Crippen LogP contribution < -0.4 is 10.1 Å². The quantitative estimate of drug-likeness (QED) is 0.621. The van der Waals surface area contributed by atoms with Crippen LogP contribution in [0.25, 0.3) is 10.9 Å². The Bertz CT molecular complexity index is 969. The van der Waals surface area contributed by atoms with E-state index in [9.17, 15) is 9.18 Å². The van der Waals surface area contributed by atoms with Gasteiger partial charge in [-0.05, 0) is 36.8 Å². The lowest BCUT2D eigenvalue weighted by molar-refractivity contribution is 0.0950. The predicted octanol–water partition coefficient (Wildman–Crippen LogP) is 4.65. The van der Waals surface area contributed by atoms with Crippen molar-refractivity contribution in [3.05, 3.63) is 83.8 Å². The van der Waals surface area contributed by atoms with Crippen LogP contribution in [0.3, 0.4) is 0 Å². The molecule has 0 saturated carbocycles. The summed E-state index contributed by atoms with van der Waals surface area (Å²) >= 11 is 0. The Hall–Kier alpha value is -3.21. The Morgan fingerprint density at radius 2 is 2.07 bits per heavy atom. The number of ether oxygens (including phenoxy) is 1. The number of benzene rings is 2. The summed E-state index contributed by atoms with van der Waals surface area (Å²) in [7, 11) is 0. The molecule has 138 valence electrons. The fraction of sp³-hybridized carbons (Fsp3) is 0.182. The largest absolute Gasteiger partial charge is 0.486 e. The summed E-state index contributed by atoms with van der Waals surface area (Å²) in [5.41, 5.74) is 1.71. The number of fused-ring (bicyclic) bond motifs is 1. The molecule has 0 unspecified atom stereocenters. The first-order chi connectivity index (χ1) is 13.2. The number of amides is 1. The molecule has 0 atom stereocenters. The normalized spacial score (nSPS) is 11.0. The van der Waals surface area contributed by atoms with Crippen molar-refractivity contribution >= 4 is 16.8 Å². The molecule has 0 fully saturated rings. The van der Waals surface area contributed by atoms with Gasteiger partial charge in [0, 0.05) is 29.3 Å². The van der Waals surface area contributed by atoms with Crippen molar-refractivity contribution in [2.24, 2.45) is 0 Å². The number of aromatic nitrogens is 1. The van der Waals surface area contributed by atoms with E-state index < -0.39 is 5.82 Å². The Balaban J connectivity index is 1.66. The van der Waals surface area contributed by atoms with Crippen LogP contribution in [-0.2, 0) is 6.54 Å². The van der Waals surface area contributed by atoms with E-state index in [0.717, 1.165) is 17.3 Å². The summed E-state index contributed by atoms with van der Waals surface area (Å²) in [6.07, 6.45) is 6.42. The molecule has 0 aliphatic rings. The molecule has 1 aromatic heterocycles. The number of hydrogen-bond acceptors (Lipinski definition) is 3. The van der Waals surface area contributed by atoms with E-state index in [-0.39, 0.29) is 18.2 Å². The maximum Gasteiger partial charge on any atom is 0.251 e. The monoisotopic (exact) mass is 364 g/mol. The zero-order chi connectivity index (χ0) is 19.1. The van der Waals surface area contributed by atoms with Gasteiger partial charge in [0.2, 0.25) is 0 Å². The van der Waals surface area contributed by atoms with Gasteiger partial charge < -0.3 is 10.1 Å². The average molecular weight is 364 g/mol. The second-order valence-electron chi connectivity index (χ2n) is 6.01. The third-order valence-corrected chi connectivity index (χ3v) is 4.09. The van der Waals surface area contributed by atoms with Gasteiger partial charge in [-0.15, -0.1) is 0 Å². The molecule has 1 amide bonds. The van der Waals surface area contributed by atoms with Gasteiger partial charge in [-0.25, -0.2) is 4.39 Å². The SMILES string of the molecule is CC/C=C\COc1cccc(CNC(=O)c2ccc3ncccc3c2)c1F. The Morgan fingerprint density at radius 1 is 1.19 bits per heavy atom. The number of pyridine rings is 1. The summed E-state index contributed by atoms with van der Waals surface area (Å²) in [5, 5.41) is 3.64. The van der Waals surface area contributed by atoms with Crippen molar-refractivity contribution < 1.29 is 13.9 Å². The molecular formula is C22H21FN2O2. The van der Waals surface area contributed by atoms with Gasteiger partial charge in [-0.3, -0.25) is 9.78 Å². The van der Waals surface area contributed by atoms with Crippen LogP contribution in [0.5, 0.6) is 5.75 Å². The van der Waals surface area contributed by atoms with Crippen molar-refractivity contribution in [3.8, 4) is 5.75 Å². The number of nitrogens with zero attached hydrogens (tertiary/aromatic N) is 1. The van der Waals surface area contributed by atoms with Crippen LogP contribution in [-0.4, -0.2) is 17.5 Å². The van der Waals surface area contributed by atoms with Gasteiger partial charge >= 0.3 is 0 Å². The second kappa shape index (κ2) is 8.94. The highest BCUT2D eigenvalue weighted by Gasteiger charge is 2.11. The number of hydrogen-bond donors (Lipinski definition) is 1. The number of carbonyl (C=O) groups is 1. The van der Waals surface area contributed by atoms with E-state index in [1.165, 1.54) is 0 Å². The van der Waals surface area contributed by atoms with Gasteiger partial charge in [-0.1, -0.05) is 37.3 Å². The lowest BCUT2D eigenvalue weighted by Crippen LogP contribution is -2.23. The fourth-order valence-electron chi connectivity index (χ4n) is 2.67. The molecule has 0 radical (unpaired) electrons. The predicted molar refractivity (Wildman–Crippen MR) is 104 cm³/mol. The Morgan fingerprint density at radius 3 is 2.93 bits per heavy atom. The third-order valence-electron chi connectivity index (χ3n) is 4.09. The lowest BCUT2D eigenvalue weighted by Gasteiger charge is -2.10. The smallest absolute Gasteiger partial charge is 0.251 e. The molecule has 4 nitrogen and oxygen atoms in total. The third kappa shape index (κ3) is 4.70.